The van der Waals surface area contributed by atoms with Gasteiger partial charge in [0, 0.05) is 6.42 Å². The normalized spacial score (nSPS) is 15.0. The number of thioether (sulfide) groups is 1. The summed E-state index contributed by atoms with van der Waals surface area (Å²) in [5.41, 5.74) is 12.1. The predicted octanol–water partition coefficient (Wildman–Crippen LogP) is 0.729. The molecule has 0 aliphatic heterocycles. The fourth-order valence-corrected chi connectivity index (χ4v) is 4.19. The van der Waals surface area contributed by atoms with Gasteiger partial charge in [-0.3, -0.25) is 14.4 Å². The Bertz CT molecular complexity index is 901. The van der Waals surface area contributed by atoms with Crippen LogP contribution in [0, 0.1) is 5.92 Å². The molecule has 1 aromatic carbocycles. The zero-order chi connectivity index (χ0) is 28.7. The Morgan fingerprint density at radius 2 is 1.58 bits per heavy atom. The quantitative estimate of drug-likeness (QED) is 0.128. The number of amides is 3. The summed E-state index contributed by atoms with van der Waals surface area (Å²) in [5, 5.41) is 27.1. The molecular formula is C26H43N5O6S. The van der Waals surface area contributed by atoms with Crippen molar-refractivity contribution >= 4 is 35.5 Å². The molecule has 9 N–H and O–H groups in total. The number of phenols is 1. The number of aliphatic carboxylic acids is 1. The minimum absolute atomic E-state index is 0.0431. The lowest BCUT2D eigenvalue weighted by Crippen LogP contribution is -2.59. The van der Waals surface area contributed by atoms with Crippen molar-refractivity contribution in [2.24, 2.45) is 17.4 Å². The Labute approximate surface area is 228 Å². The second-order valence-electron chi connectivity index (χ2n) is 9.38. The third kappa shape index (κ3) is 11.7. The van der Waals surface area contributed by atoms with E-state index in [-0.39, 0.29) is 24.5 Å². The zero-order valence-corrected chi connectivity index (χ0v) is 23.3. The van der Waals surface area contributed by atoms with Crippen LogP contribution in [-0.4, -0.2) is 76.6 Å². The van der Waals surface area contributed by atoms with Gasteiger partial charge in [-0.15, -0.1) is 0 Å². The SMILES string of the molecule is CC[C@H](C)[C@H](NC(=O)[C@@H](N)CCSC)C(=O)N[C@@H](Cc1ccc(O)cc1)C(=O)N[C@@H](CCCCN)C(=O)O. The molecular weight excluding hydrogens is 510 g/mol. The van der Waals surface area contributed by atoms with Gasteiger partial charge >= 0.3 is 5.97 Å². The maximum atomic E-state index is 13.4. The second-order valence-corrected chi connectivity index (χ2v) is 10.4. The van der Waals surface area contributed by atoms with Crippen LogP contribution >= 0.6 is 11.8 Å². The van der Waals surface area contributed by atoms with Crippen LogP contribution < -0.4 is 27.4 Å². The van der Waals surface area contributed by atoms with Crippen molar-refractivity contribution in [3.05, 3.63) is 29.8 Å². The topological polar surface area (TPSA) is 197 Å². The first-order valence-electron chi connectivity index (χ1n) is 12.9. The van der Waals surface area contributed by atoms with Crippen molar-refractivity contribution in [3.63, 3.8) is 0 Å². The van der Waals surface area contributed by atoms with Crippen molar-refractivity contribution in [1.82, 2.24) is 16.0 Å². The number of nitrogens with two attached hydrogens (primary N) is 2. The molecule has 0 saturated carbocycles. The van der Waals surface area contributed by atoms with E-state index in [0.29, 0.717) is 43.5 Å². The standard InChI is InChI=1S/C26H43N5O6S/c1-4-16(2)22(31-23(33)19(28)12-14-38-3)25(35)30-21(15-17-8-10-18(32)11-9-17)24(34)29-20(26(36)37)7-5-6-13-27/h8-11,16,19-22,32H,4-7,12-15,27-28H2,1-3H3,(H,29,34)(H,30,35)(H,31,33)(H,36,37)/t16-,19-,20-,21-,22-/m0/s1. The van der Waals surface area contributed by atoms with Gasteiger partial charge in [0.2, 0.25) is 17.7 Å². The van der Waals surface area contributed by atoms with Crippen molar-refractivity contribution in [2.75, 3.05) is 18.6 Å². The van der Waals surface area contributed by atoms with Crippen molar-refractivity contribution in [2.45, 2.75) is 76.5 Å². The van der Waals surface area contributed by atoms with E-state index in [4.69, 9.17) is 11.5 Å². The molecule has 1 aromatic rings. The molecule has 12 heteroatoms. The molecule has 11 nitrogen and oxygen atoms in total. The third-order valence-corrected chi connectivity index (χ3v) is 6.98. The molecule has 0 aliphatic rings. The average Bonchev–Trinajstić information content (AvgIpc) is 2.89. The number of carbonyl (C=O) groups excluding carboxylic acids is 3. The molecule has 0 radical (unpaired) electrons. The number of carboxylic acids is 1. The number of hydrogen-bond donors (Lipinski definition) is 7. The van der Waals surface area contributed by atoms with Crippen LogP contribution in [0.25, 0.3) is 0 Å². The highest BCUT2D eigenvalue weighted by atomic mass is 32.2. The molecule has 0 saturated heterocycles. The van der Waals surface area contributed by atoms with Crippen LogP contribution in [-0.2, 0) is 25.6 Å². The first kappa shape index (κ1) is 33.2. The lowest BCUT2D eigenvalue weighted by atomic mass is 9.96. The highest BCUT2D eigenvalue weighted by molar-refractivity contribution is 7.98. The maximum Gasteiger partial charge on any atom is 0.326 e. The molecule has 0 spiro atoms. The van der Waals surface area contributed by atoms with Crippen LogP contribution in [0.5, 0.6) is 5.75 Å². The zero-order valence-electron chi connectivity index (χ0n) is 22.4. The molecule has 3 amide bonds. The van der Waals surface area contributed by atoms with Gasteiger partial charge in [-0.2, -0.15) is 11.8 Å². The molecule has 0 aliphatic carbocycles. The van der Waals surface area contributed by atoms with Gasteiger partial charge in [-0.1, -0.05) is 32.4 Å². The third-order valence-electron chi connectivity index (χ3n) is 6.33. The molecule has 0 aromatic heterocycles. The average molecular weight is 554 g/mol. The number of nitrogens with one attached hydrogen (secondary N) is 3. The van der Waals surface area contributed by atoms with Crippen LogP contribution in [0.15, 0.2) is 24.3 Å². The molecule has 1 rings (SSSR count). The summed E-state index contributed by atoms with van der Waals surface area (Å²) in [6.07, 6.45) is 4.31. The fourth-order valence-electron chi connectivity index (χ4n) is 3.70. The Balaban J connectivity index is 3.13. The summed E-state index contributed by atoms with van der Waals surface area (Å²) in [6, 6.07) is 2.14. The maximum absolute atomic E-state index is 13.4. The monoisotopic (exact) mass is 553 g/mol. The minimum Gasteiger partial charge on any atom is -0.508 e. The molecule has 0 bridgehead atoms. The van der Waals surface area contributed by atoms with Crippen LogP contribution in [0.2, 0.25) is 0 Å². The molecule has 5 atom stereocenters. The minimum atomic E-state index is -1.19. The van der Waals surface area contributed by atoms with E-state index < -0.39 is 47.9 Å². The van der Waals surface area contributed by atoms with Crippen LogP contribution in [0.1, 0.15) is 51.5 Å². The second kappa shape index (κ2) is 17.6. The molecule has 38 heavy (non-hydrogen) atoms. The number of carbonyl (C=O) groups is 4. The molecule has 0 heterocycles. The summed E-state index contributed by atoms with van der Waals surface area (Å²) in [6.45, 7) is 4.10. The summed E-state index contributed by atoms with van der Waals surface area (Å²) >= 11 is 1.56. The summed E-state index contributed by atoms with van der Waals surface area (Å²) in [4.78, 5) is 51.0. The summed E-state index contributed by atoms with van der Waals surface area (Å²) in [7, 11) is 0. The van der Waals surface area contributed by atoms with Crippen molar-refractivity contribution in [1.29, 1.82) is 0 Å². The highest BCUT2D eigenvalue weighted by Gasteiger charge is 2.32. The Kier molecular flexibility index (Phi) is 15.4. The Morgan fingerprint density at radius 1 is 0.947 bits per heavy atom. The fraction of sp³-hybridized carbons (Fsp3) is 0.615. The first-order valence-corrected chi connectivity index (χ1v) is 14.3. The number of unbranched alkanes of at least 4 members (excludes halogenated alkanes) is 1. The van der Waals surface area contributed by atoms with Gasteiger partial charge in [0.25, 0.3) is 0 Å². The first-order chi connectivity index (χ1) is 18.0. The van der Waals surface area contributed by atoms with E-state index in [2.05, 4.69) is 16.0 Å². The van der Waals surface area contributed by atoms with E-state index in [0.717, 1.165) is 0 Å². The van der Waals surface area contributed by atoms with Gasteiger partial charge in [0.05, 0.1) is 6.04 Å². The highest BCUT2D eigenvalue weighted by Crippen LogP contribution is 2.14. The molecule has 214 valence electrons. The van der Waals surface area contributed by atoms with Gasteiger partial charge in [0.1, 0.15) is 23.9 Å². The van der Waals surface area contributed by atoms with Gasteiger partial charge in [-0.05, 0) is 67.9 Å². The van der Waals surface area contributed by atoms with Gasteiger partial charge in [0.15, 0.2) is 0 Å². The number of hydrogen-bond acceptors (Lipinski definition) is 8. The van der Waals surface area contributed by atoms with E-state index in [1.807, 2.05) is 20.1 Å². The van der Waals surface area contributed by atoms with Crippen LogP contribution in [0.3, 0.4) is 0 Å². The lowest BCUT2D eigenvalue weighted by Gasteiger charge is -2.28. The molecule has 0 unspecified atom stereocenters. The van der Waals surface area contributed by atoms with E-state index in [1.54, 1.807) is 23.9 Å². The van der Waals surface area contributed by atoms with Gasteiger partial charge in [-0.25, -0.2) is 4.79 Å². The number of carboxylic acid groups (broad SMARTS) is 1. The lowest BCUT2D eigenvalue weighted by molar-refractivity contribution is -0.142. The van der Waals surface area contributed by atoms with Crippen molar-refractivity contribution < 1.29 is 29.4 Å². The summed E-state index contributed by atoms with van der Waals surface area (Å²) < 4.78 is 0. The Morgan fingerprint density at radius 3 is 2.13 bits per heavy atom. The van der Waals surface area contributed by atoms with Crippen molar-refractivity contribution in [3.8, 4) is 5.75 Å². The van der Waals surface area contributed by atoms with Crippen LogP contribution in [0.4, 0.5) is 0 Å². The number of aromatic hydroxyl groups is 1. The summed E-state index contributed by atoms with van der Waals surface area (Å²) in [5.74, 6) is -2.40. The predicted molar refractivity (Wildman–Crippen MR) is 149 cm³/mol. The Hall–Kier alpha value is -2.83. The molecule has 0 fully saturated rings. The van der Waals surface area contributed by atoms with E-state index in [9.17, 15) is 29.4 Å². The largest absolute Gasteiger partial charge is 0.508 e. The van der Waals surface area contributed by atoms with E-state index in [1.165, 1.54) is 12.1 Å². The number of phenolic OH excluding ortho intramolecular Hbond substituents is 1. The smallest absolute Gasteiger partial charge is 0.326 e. The number of benzene rings is 1. The number of rotatable bonds is 18. The van der Waals surface area contributed by atoms with Gasteiger partial charge < -0.3 is 37.6 Å². The van der Waals surface area contributed by atoms with E-state index >= 15 is 0 Å².